The molecule has 0 saturated carbocycles. The van der Waals surface area contributed by atoms with Crippen molar-refractivity contribution in [3.05, 3.63) is 33.5 Å². The third kappa shape index (κ3) is 3.84. The van der Waals surface area contributed by atoms with Crippen molar-refractivity contribution in [1.29, 1.82) is 0 Å². The number of aromatic nitrogens is 2. The van der Waals surface area contributed by atoms with Crippen LogP contribution in [0.3, 0.4) is 0 Å². The molecule has 1 aromatic heterocycles. The van der Waals surface area contributed by atoms with Gasteiger partial charge in [-0.3, -0.25) is 0 Å². The van der Waals surface area contributed by atoms with Gasteiger partial charge in [0.1, 0.15) is 11.6 Å². The van der Waals surface area contributed by atoms with Crippen LogP contribution in [0.1, 0.15) is 19.5 Å². The lowest BCUT2D eigenvalue weighted by molar-refractivity contribution is 0.415. The average Bonchev–Trinajstić information content (AvgIpc) is 2.49. The first-order valence-corrected chi connectivity index (χ1v) is 8.01. The van der Waals surface area contributed by atoms with Crippen LogP contribution >= 0.6 is 22.6 Å². The largest absolute Gasteiger partial charge is 0.497 e. The first kappa shape index (κ1) is 16.0. The number of ether oxygens (including phenoxy) is 1. The van der Waals surface area contributed by atoms with Crippen LogP contribution < -0.4 is 10.1 Å². The molecule has 2 aromatic rings. The predicted molar refractivity (Wildman–Crippen MR) is 94.8 cm³/mol. The average molecular weight is 397 g/mol. The first-order valence-electron chi connectivity index (χ1n) is 6.93. The molecule has 2 rings (SSSR count). The van der Waals surface area contributed by atoms with Gasteiger partial charge in [0, 0.05) is 12.6 Å². The highest BCUT2D eigenvalue weighted by molar-refractivity contribution is 14.1. The van der Waals surface area contributed by atoms with E-state index in [0.29, 0.717) is 5.92 Å². The van der Waals surface area contributed by atoms with Gasteiger partial charge < -0.3 is 10.1 Å². The van der Waals surface area contributed by atoms with E-state index in [1.165, 1.54) is 0 Å². The molecule has 5 heteroatoms. The molecular formula is C16H20IN3O. The predicted octanol–water partition coefficient (Wildman–Crippen LogP) is 4.00. The van der Waals surface area contributed by atoms with E-state index >= 15 is 0 Å². The van der Waals surface area contributed by atoms with E-state index in [1.807, 2.05) is 31.3 Å². The zero-order valence-corrected chi connectivity index (χ0v) is 14.9. The number of rotatable bonds is 5. The summed E-state index contributed by atoms with van der Waals surface area (Å²) in [5.41, 5.74) is 2.09. The number of nitrogens with one attached hydrogen (secondary N) is 1. The van der Waals surface area contributed by atoms with E-state index in [0.717, 1.165) is 38.6 Å². The summed E-state index contributed by atoms with van der Waals surface area (Å²) in [6, 6.07) is 7.83. The van der Waals surface area contributed by atoms with Gasteiger partial charge >= 0.3 is 0 Å². The van der Waals surface area contributed by atoms with Crippen LogP contribution in [-0.4, -0.2) is 24.1 Å². The van der Waals surface area contributed by atoms with Crippen LogP contribution in [-0.2, 0) is 6.42 Å². The topological polar surface area (TPSA) is 47.0 Å². The quantitative estimate of drug-likeness (QED) is 0.775. The van der Waals surface area contributed by atoms with E-state index in [9.17, 15) is 0 Å². The van der Waals surface area contributed by atoms with Crippen molar-refractivity contribution in [1.82, 2.24) is 9.97 Å². The van der Waals surface area contributed by atoms with Gasteiger partial charge in [-0.15, -0.1) is 0 Å². The zero-order chi connectivity index (χ0) is 15.4. The standard InChI is InChI=1S/C16H20IN3O/c1-10(2)9-13-14(17)16(18-3)20-15(19-13)11-5-7-12(21-4)8-6-11/h5-8,10H,9H2,1-4H3,(H,18,19,20). The van der Waals surface area contributed by atoms with Crippen LogP contribution in [0, 0.1) is 9.49 Å². The summed E-state index contributed by atoms with van der Waals surface area (Å²) in [5.74, 6) is 3.02. The second-order valence-electron chi connectivity index (χ2n) is 5.23. The van der Waals surface area contributed by atoms with Gasteiger partial charge in [-0.25, -0.2) is 9.97 Å². The number of nitrogens with zero attached hydrogens (tertiary/aromatic N) is 2. The summed E-state index contributed by atoms with van der Waals surface area (Å²) in [6.45, 7) is 4.40. The molecule has 0 bridgehead atoms. The summed E-state index contributed by atoms with van der Waals surface area (Å²) in [6.07, 6.45) is 0.943. The van der Waals surface area contributed by atoms with Gasteiger partial charge in [0.25, 0.3) is 0 Å². The highest BCUT2D eigenvalue weighted by Gasteiger charge is 2.13. The Labute approximate surface area is 139 Å². The zero-order valence-electron chi connectivity index (χ0n) is 12.8. The maximum Gasteiger partial charge on any atom is 0.161 e. The van der Waals surface area contributed by atoms with Gasteiger partial charge in [0.05, 0.1) is 16.4 Å². The second kappa shape index (κ2) is 7.06. The number of benzene rings is 1. The molecule has 0 fully saturated rings. The maximum atomic E-state index is 5.19. The molecule has 0 aliphatic heterocycles. The van der Waals surface area contributed by atoms with Crippen molar-refractivity contribution in [3.8, 4) is 17.1 Å². The highest BCUT2D eigenvalue weighted by Crippen LogP contribution is 2.26. The Balaban J connectivity index is 2.46. The molecule has 4 nitrogen and oxygen atoms in total. The Morgan fingerprint density at radius 2 is 1.86 bits per heavy atom. The van der Waals surface area contributed by atoms with Gasteiger partial charge in [-0.05, 0) is 59.2 Å². The number of anilines is 1. The molecule has 0 unspecified atom stereocenters. The fraction of sp³-hybridized carbons (Fsp3) is 0.375. The molecule has 0 saturated heterocycles. The Kier molecular flexibility index (Phi) is 5.39. The number of hydrogen-bond acceptors (Lipinski definition) is 4. The molecule has 0 aliphatic rings. The smallest absolute Gasteiger partial charge is 0.161 e. The van der Waals surface area contributed by atoms with E-state index < -0.39 is 0 Å². The molecule has 0 aliphatic carbocycles. The molecule has 0 amide bonds. The molecule has 1 aromatic carbocycles. The number of halogens is 1. The highest BCUT2D eigenvalue weighted by atomic mass is 127. The Bertz CT molecular complexity index is 612. The van der Waals surface area contributed by atoms with Crippen LogP contribution in [0.5, 0.6) is 5.75 Å². The van der Waals surface area contributed by atoms with E-state index in [4.69, 9.17) is 9.72 Å². The molecule has 0 atom stereocenters. The summed E-state index contributed by atoms with van der Waals surface area (Å²) >= 11 is 2.31. The minimum atomic E-state index is 0.557. The minimum absolute atomic E-state index is 0.557. The Morgan fingerprint density at radius 3 is 2.38 bits per heavy atom. The number of hydrogen-bond donors (Lipinski definition) is 1. The Hall–Kier alpha value is -1.37. The lowest BCUT2D eigenvalue weighted by Crippen LogP contribution is -2.07. The molecule has 0 spiro atoms. The first-order chi connectivity index (χ1) is 10.0. The van der Waals surface area contributed by atoms with Gasteiger partial charge in [-0.1, -0.05) is 13.8 Å². The van der Waals surface area contributed by atoms with E-state index in [2.05, 4.69) is 46.7 Å². The summed E-state index contributed by atoms with van der Waals surface area (Å²) in [4.78, 5) is 9.36. The van der Waals surface area contributed by atoms with Crippen LogP contribution in [0.15, 0.2) is 24.3 Å². The van der Waals surface area contributed by atoms with Crippen molar-refractivity contribution in [2.45, 2.75) is 20.3 Å². The number of methoxy groups -OCH3 is 1. The van der Waals surface area contributed by atoms with Gasteiger partial charge in [0.2, 0.25) is 0 Å². The second-order valence-corrected chi connectivity index (χ2v) is 6.31. The van der Waals surface area contributed by atoms with Crippen molar-refractivity contribution in [3.63, 3.8) is 0 Å². The molecule has 0 radical (unpaired) electrons. The van der Waals surface area contributed by atoms with Crippen molar-refractivity contribution in [2.24, 2.45) is 5.92 Å². The summed E-state index contributed by atoms with van der Waals surface area (Å²) in [7, 11) is 3.55. The molecule has 1 N–H and O–H groups in total. The van der Waals surface area contributed by atoms with E-state index in [-0.39, 0.29) is 0 Å². The third-order valence-corrected chi connectivity index (χ3v) is 4.24. The SMILES string of the molecule is CNc1nc(-c2ccc(OC)cc2)nc(CC(C)C)c1I. The molecule has 112 valence electrons. The summed E-state index contributed by atoms with van der Waals surface area (Å²) < 4.78 is 6.29. The fourth-order valence-electron chi connectivity index (χ4n) is 2.05. The minimum Gasteiger partial charge on any atom is -0.497 e. The van der Waals surface area contributed by atoms with Crippen LogP contribution in [0.25, 0.3) is 11.4 Å². The van der Waals surface area contributed by atoms with Crippen LogP contribution in [0.4, 0.5) is 5.82 Å². The monoisotopic (exact) mass is 397 g/mol. The fourth-order valence-corrected chi connectivity index (χ4v) is 2.78. The van der Waals surface area contributed by atoms with Crippen molar-refractivity contribution in [2.75, 3.05) is 19.5 Å². The Morgan fingerprint density at radius 1 is 1.19 bits per heavy atom. The van der Waals surface area contributed by atoms with Crippen LogP contribution in [0.2, 0.25) is 0 Å². The van der Waals surface area contributed by atoms with E-state index in [1.54, 1.807) is 7.11 Å². The maximum absolute atomic E-state index is 5.19. The summed E-state index contributed by atoms with van der Waals surface area (Å²) in [5, 5.41) is 3.16. The van der Waals surface area contributed by atoms with Crippen molar-refractivity contribution >= 4 is 28.4 Å². The van der Waals surface area contributed by atoms with Gasteiger partial charge in [-0.2, -0.15) is 0 Å². The van der Waals surface area contributed by atoms with Gasteiger partial charge in [0.15, 0.2) is 5.82 Å². The normalized spacial score (nSPS) is 10.8. The molecule has 1 heterocycles. The third-order valence-electron chi connectivity index (χ3n) is 3.11. The van der Waals surface area contributed by atoms with Crippen molar-refractivity contribution < 1.29 is 4.74 Å². The molecular weight excluding hydrogens is 377 g/mol. The lowest BCUT2D eigenvalue weighted by atomic mass is 10.1. The molecule has 21 heavy (non-hydrogen) atoms. The lowest BCUT2D eigenvalue weighted by Gasteiger charge is -2.13.